The largest absolute Gasteiger partial charge is 0.512 e. The standard InChI is InChI=1S/3C6H8O4.Fe/c3*1-4(7)3-5(8)6(9)10-2;/h3*3,7H,1-2H3;. The zero-order chi connectivity index (χ0) is 24.4. The summed E-state index contributed by atoms with van der Waals surface area (Å²) in [4.78, 5) is 62.4. The molecule has 0 spiro atoms. The van der Waals surface area contributed by atoms with Crippen LogP contribution in [0.2, 0.25) is 0 Å². The summed E-state index contributed by atoms with van der Waals surface area (Å²) in [7, 11) is 3.29. The third-order valence-electron chi connectivity index (χ3n) is 2.18. The minimum atomic E-state index is -0.978. The Labute approximate surface area is 188 Å². The fourth-order valence-corrected chi connectivity index (χ4v) is 1.05. The molecule has 0 rings (SSSR count). The van der Waals surface area contributed by atoms with Crippen molar-refractivity contribution in [2.45, 2.75) is 20.8 Å². The second-order valence-electron chi connectivity index (χ2n) is 4.92. The van der Waals surface area contributed by atoms with E-state index in [4.69, 9.17) is 15.3 Å². The monoisotopic (exact) mass is 488 g/mol. The molecule has 0 aliphatic rings. The molecule has 0 atom stereocenters. The Morgan fingerprint density at radius 3 is 0.774 bits per heavy atom. The van der Waals surface area contributed by atoms with Gasteiger partial charge < -0.3 is 29.5 Å². The van der Waals surface area contributed by atoms with Gasteiger partial charge in [0.15, 0.2) is 0 Å². The Morgan fingerprint density at radius 1 is 0.516 bits per heavy atom. The second kappa shape index (κ2) is 19.9. The number of hydrogen-bond acceptors (Lipinski definition) is 12. The van der Waals surface area contributed by atoms with Crippen molar-refractivity contribution in [3.63, 3.8) is 0 Å². The van der Waals surface area contributed by atoms with E-state index >= 15 is 0 Å². The van der Waals surface area contributed by atoms with Gasteiger partial charge in [-0.15, -0.1) is 0 Å². The van der Waals surface area contributed by atoms with E-state index in [1.54, 1.807) is 0 Å². The minimum absolute atomic E-state index is 0. The third-order valence-corrected chi connectivity index (χ3v) is 2.18. The van der Waals surface area contributed by atoms with Crippen LogP contribution < -0.4 is 0 Å². The molecule has 0 saturated carbocycles. The van der Waals surface area contributed by atoms with E-state index in [-0.39, 0.29) is 34.3 Å². The van der Waals surface area contributed by atoms with Gasteiger partial charge in [-0.3, -0.25) is 14.4 Å². The zero-order valence-corrected chi connectivity index (χ0v) is 18.7. The molecule has 0 saturated heterocycles. The number of allylic oxidation sites excluding steroid dienone is 3. The molecule has 31 heavy (non-hydrogen) atoms. The molecule has 13 heteroatoms. The van der Waals surface area contributed by atoms with E-state index in [0.29, 0.717) is 0 Å². The van der Waals surface area contributed by atoms with Crippen LogP contribution in [0.5, 0.6) is 0 Å². The maximum Gasteiger partial charge on any atom is 0.378 e. The number of esters is 3. The Kier molecular flexibility index (Phi) is 22.4. The molecule has 0 amide bonds. The van der Waals surface area contributed by atoms with E-state index in [9.17, 15) is 28.8 Å². The van der Waals surface area contributed by atoms with Crippen molar-refractivity contribution in [1.82, 2.24) is 0 Å². The van der Waals surface area contributed by atoms with Crippen LogP contribution >= 0.6 is 0 Å². The molecule has 0 bridgehead atoms. The first kappa shape index (κ1) is 35.0. The maximum absolute atomic E-state index is 10.5. The number of carbonyl (C=O) groups is 6. The summed E-state index contributed by atoms with van der Waals surface area (Å²) in [6.45, 7) is 3.88. The summed E-state index contributed by atoms with van der Waals surface area (Å²) >= 11 is 0. The predicted molar refractivity (Wildman–Crippen MR) is 100 cm³/mol. The van der Waals surface area contributed by atoms with Crippen molar-refractivity contribution in [2.24, 2.45) is 0 Å². The molecule has 12 nitrogen and oxygen atoms in total. The van der Waals surface area contributed by atoms with Gasteiger partial charge in [0.05, 0.1) is 38.6 Å². The first-order chi connectivity index (χ1) is 13.7. The topological polar surface area (TPSA) is 191 Å². The van der Waals surface area contributed by atoms with Crippen LogP contribution in [0.15, 0.2) is 35.5 Å². The number of ketones is 3. The SMILES string of the molecule is COC(=O)C(=O)C=C(C)O.COC(=O)C(=O)C=C(C)O.COC(=O)C(=O)C=C(C)O.[Fe]. The molecule has 0 aliphatic carbocycles. The average Bonchev–Trinajstić information content (AvgIpc) is 2.65. The Bertz CT molecular complexity index is 635. The van der Waals surface area contributed by atoms with Crippen molar-refractivity contribution in [1.29, 1.82) is 0 Å². The molecule has 0 aromatic carbocycles. The number of rotatable bonds is 6. The van der Waals surface area contributed by atoms with E-state index in [1.807, 2.05) is 0 Å². The normalized spacial score (nSPS) is 10.5. The number of aliphatic hydroxyl groups excluding tert-OH is 3. The summed E-state index contributed by atoms with van der Waals surface area (Å²) in [5.74, 6) is -6.15. The van der Waals surface area contributed by atoms with Gasteiger partial charge >= 0.3 is 17.9 Å². The number of carbonyl (C=O) groups excluding carboxylic acids is 6. The molecule has 0 radical (unpaired) electrons. The molecular weight excluding hydrogens is 464 g/mol. The second-order valence-corrected chi connectivity index (χ2v) is 4.92. The first-order valence-corrected chi connectivity index (χ1v) is 7.71. The summed E-state index contributed by atoms with van der Waals surface area (Å²) in [5, 5.41) is 25.5. The van der Waals surface area contributed by atoms with Gasteiger partial charge in [0, 0.05) is 35.3 Å². The summed E-state index contributed by atoms with van der Waals surface area (Å²) in [6, 6.07) is 0. The van der Waals surface area contributed by atoms with Crippen molar-refractivity contribution in [3.05, 3.63) is 35.5 Å². The van der Waals surface area contributed by atoms with E-state index in [2.05, 4.69) is 14.2 Å². The van der Waals surface area contributed by atoms with Gasteiger partial charge in [-0.1, -0.05) is 0 Å². The summed E-state index contributed by atoms with van der Waals surface area (Å²) in [6.07, 6.45) is 2.39. The zero-order valence-electron chi connectivity index (χ0n) is 17.6. The fraction of sp³-hybridized carbons (Fsp3) is 0.333. The van der Waals surface area contributed by atoms with Crippen LogP contribution in [0.4, 0.5) is 0 Å². The number of ether oxygens (including phenoxy) is 3. The minimum Gasteiger partial charge on any atom is -0.512 e. The van der Waals surface area contributed by atoms with Crippen molar-refractivity contribution in [3.8, 4) is 0 Å². The van der Waals surface area contributed by atoms with E-state index in [1.165, 1.54) is 20.8 Å². The quantitative estimate of drug-likeness (QED) is 0.118. The van der Waals surface area contributed by atoms with E-state index < -0.39 is 35.3 Å². The van der Waals surface area contributed by atoms with Crippen LogP contribution in [0.3, 0.4) is 0 Å². The van der Waals surface area contributed by atoms with Crippen molar-refractivity contribution < 1.29 is 75.4 Å². The number of aliphatic hydroxyl groups is 3. The third kappa shape index (κ3) is 22.7. The summed E-state index contributed by atoms with van der Waals surface area (Å²) in [5.41, 5.74) is 0. The Hall–Kier alpha value is -3.44. The molecule has 0 fully saturated rings. The first-order valence-electron chi connectivity index (χ1n) is 7.71. The molecule has 0 aromatic rings. The van der Waals surface area contributed by atoms with Gasteiger partial charge in [0.2, 0.25) is 0 Å². The van der Waals surface area contributed by atoms with Gasteiger partial charge in [-0.05, 0) is 20.8 Å². The molecule has 0 unspecified atom stereocenters. The van der Waals surface area contributed by atoms with E-state index in [0.717, 1.165) is 39.6 Å². The number of hydrogen-bond donors (Lipinski definition) is 3. The van der Waals surface area contributed by atoms with Gasteiger partial charge in [0.25, 0.3) is 17.3 Å². The van der Waals surface area contributed by atoms with Crippen molar-refractivity contribution >= 4 is 35.3 Å². The smallest absolute Gasteiger partial charge is 0.378 e. The fourth-order valence-electron chi connectivity index (χ4n) is 1.05. The number of methoxy groups -OCH3 is 3. The maximum atomic E-state index is 10.5. The Morgan fingerprint density at radius 2 is 0.677 bits per heavy atom. The molecule has 0 heterocycles. The molecule has 3 N–H and O–H groups in total. The molecule has 176 valence electrons. The van der Waals surface area contributed by atoms with Gasteiger partial charge in [-0.2, -0.15) is 0 Å². The molecule has 0 aromatic heterocycles. The average molecular weight is 488 g/mol. The van der Waals surface area contributed by atoms with Crippen LogP contribution in [-0.4, -0.2) is 71.9 Å². The van der Waals surface area contributed by atoms with Gasteiger partial charge in [0.1, 0.15) is 0 Å². The molecular formula is C18H24FeO12. The van der Waals surface area contributed by atoms with Crippen LogP contribution in [0.25, 0.3) is 0 Å². The van der Waals surface area contributed by atoms with Crippen LogP contribution in [0, 0.1) is 0 Å². The van der Waals surface area contributed by atoms with Crippen molar-refractivity contribution in [2.75, 3.05) is 21.3 Å². The summed E-state index contributed by atoms with van der Waals surface area (Å²) < 4.78 is 12.2. The molecule has 0 aliphatic heterocycles. The van der Waals surface area contributed by atoms with Gasteiger partial charge in [-0.25, -0.2) is 14.4 Å². The van der Waals surface area contributed by atoms with Crippen LogP contribution in [0.1, 0.15) is 20.8 Å². The predicted octanol–water partition coefficient (Wildman–Crippen LogP) is 0.568. The Balaban J connectivity index is -0.000000174. The van der Waals surface area contributed by atoms with Crippen LogP contribution in [-0.2, 0) is 60.0 Å².